The summed E-state index contributed by atoms with van der Waals surface area (Å²) in [6.45, 7) is 9.61. The lowest BCUT2D eigenvalue weighted by atomic mass is 10.1. The average molecular weight is 388 g/mol. The van der Waals surface area contributed by atoms with Gasteiger partial charge in [-0.2, -0.15) is 4.98 Å². The molecule has 1 aliphatic heterocycles. The standard InChI is InChI=1S/C24H29N5/c1-3-28-14-16-29(17-15-28)23-18-22(21-12-8-5-9-13-21)26-24(27-23)25-19(2)20-10-6-4-7-11-20/h4-13,18-19H,3,14-17H2,1-2H3,(H,25,26,27). The van der Waals surface area contributed by atoms with E-state index < -0.39 is 0 Å². The fourth-order valence-corrected chi connectivity index (χ4v) is 3.73. The number of piperazine rings is 1. The molecule has 1 fully saturated rings. The highest BCUT2D eigenvalue weighted by Gasteiger charge is 2.19. The van der Waals surface area contributed by atoms with Crippen molar-refractivity contribution in [1.29, 1.82) is 0 Å². The van der Waals surface area contributed by atoms with Crippen molar-refractivity contribution in [3.8, 4) is 11.3 Å². The number of rotatable bonds is 6. The zero-order valence-corrected chi connectivity index (χ0v) is 17.3. The third-order valence-corrected chi connectivity index (χ3v) is 5.57. The first-order valence-electron chi connectivity index (χ1n) is 10.5. The Hall–Kier alpha value is -2.92. The minimum Gasteiger partial charge on any atom is -0.354 e. The van der Waals surface area contributed by atoms with Gasteiger partial charge in [0.15, 0.2) is 0 Å². The zero-order valence-electron chi connectivity index (χ0n) is 17.3. The van der Waals surface area contributed by atoms with Crippen molar-refractivity contribution in [2.75, 3.05) is 42.9 Å². The lowest BCUT2D eigenvalue weighted by Crippen LogP contribution is -2.46. The second-order valence-corrected chi connectivity index (χ2v) is 7.50. The molecule has 3 aromatic rings. The molecule has 29 heavy (non-hydrogen) atoms. The highest BCUT2D eigenvalue weighted by Crippen LogP contribution is 2.26. The van der Waals surface area contributed by atoms with E-state index in [2.05, 4.69) is 83.6 Å². The Labute approximate surface area is 173 Å². The number of nitrogens with one attached hydrogen (secondary N) is 1. The summed E-state index contributed by atoms with van der Waals surface area (Å²) < 4.78 is 0. The normalized spacial score (nSPS) is 15.9. The largest absolute Gasteiger partial charge is 0.354 e. The molecule has 1 unspecified atom stereocenters. The van der Waals surface area contributed by atoms with Gasteiger partial charge in [-0.05, 0) is 19.0 Å². The van der Waals surface area contributed by atoms with Gasteiger partial charge in [-0.15, -0.1) is 0 Å². The van der Waals surface area contributed by atoms with Crippen molar-refractivity contribution in [3.63, 3.8) is 0 Å². The van der Waals surface area contributed by atoms with Crippen LogP contribution in [0.25, 0.3) is 11.3 Å². The highest BCUT2D eigenvalue weighted by atomic mass is 15.3. The van der Waals surface area contributed by atoms with Gasteiger partial charge in [0.05, 0.1) is 11.7 Å². The Morgan fingerprint density at radius 2 is 1.55 bits per heavy atom. The van der Waals surface area contributed by atoms with Crippen LogP contribution < -0.4 is 10.2 Å². The molecule has 4 rings (SSSR count). The Balaban J connectivity index is 1.63. The van der Waals surface area contributed by atoms with Crippen LogP contribution in [0.4, 0.5) is 11.8 Å². The molecule has 0 bridgehead atoms. The highest BCUT2D eigenvalue weighted by molar-refractivity contribution is 5.65. The number of benzene rings is 2. The van der Waals surface area contributed by atoms with Gasteiger partial charge in [0.2, 0.25) is 5.95 Å². The van der Waals surface area contributed by atoms with Gasteiger partial charge in [-0.25, -0.2) is 4.98 Å². The van der Waals surface area contributed by atoms with E-state index in [-0.39, 0.29) is 6.04 Å². The fourth-order valence-electron chi connectivity index (χ4n) is 3.73. The summed E-state index contributed by atoms with van der Waals surface area (Å²) in [6.07, 6.45) is 0. The van der Waals surface area contributed by atoms with Crippen molar-refractivity contribution in [2.45, 2.75) is 19.9 Å². The quantitative estimate of drug-likeness (QED) is 0.677. The van der Waals surface area contributed by atoms with Gasteiger partial charge >= 0.3 is 0 Å². The van der Waals surface area contributed by atoms with E-state index in [0.717, 1.165) is 49.8 Å². The van der Waals surface area contributed by atoms with Crippen molar-refractivity contribution in [1.82, 2.24) is 14.9 Å². The maximum atomic E-state index is 4.88. The number of hydrogen-bond donors (Lipinski definition) is 1. The molecule has 0 radical (unpaired) electrons. The van der Waals surface area contributed by atoms with Crippen LogP contribution in [0.1, 0.15) is 25.5 Å². The number of hydrogen-bond acceptors (Lipinski definition) is 5. The maximum absolute atomic E-state index is 4.88. The van der Waals surface area contributed by atoms with Crippen LogP contribution in [0.2, 0.25) is 0 Å². The summed E-state index contributed by atoms with van der Waals surface area (Å²) in [4.78, 5) is 14.6. The van der Waals surface area contributed by atoms with E-state index >= 15 is 0 Å². The topological polar surface area (TPSA) is 44.3 Å². The minimum atomic E-state index is 0.131. The molecule has 1 aromatic heterocycles. The number of likely N-dealkylation sites (N-methyl/N-ethyl adjacent to an activating group) is 1. The summed E-state index contributed by atoms with van der Waals surface area (Å²) in [5.74, 6) is 1.67. The van der Waals surface area contributed by atoms with Gasteiger partial charge in [-0.3, -0.25) is 0 Å². The summed E-state index contributed by atoms with van der Waals surface area (Å²) in [5, 5.41) is 3.51. The summed E-state index contributed by atoms with van der Waals surface area (Å²) >= 11 is 0. The third-order valence-electron chi connectivity index (χ3n) is 5.57. The van der Waals surface area contributed by atoms with Crippen LogP contribution >= 0.6 is 0 Å². The van der Waals surface area contributed by atoms with Crippen molar-refractivity contribution >= 4 is 11.8 Å². The molecular formula is C24H29N5. The second-order valence-electron chi connectivity index (χ2n) is 7.50. The molecule has 0 aliphatic carbocycles. The first kappa shape index (κ1) is 19.4. The molecule has 2 aromatic carbocycles. The molecule has 0 spiro atoms. The van der Waals surface area contributed by atoms with E-state index in [9.17, 15) is 0 Å². The fraction of sp³-hybridized carbons (Fsp3) is 0.333. The number of anilines is 2. The van der Waals surface area contributed by atoms with Crippen LogP contribution in [0.5, 0.6) is 0 Å². The summed E-state index contributed by atoms with van der Waals surface area (Å²) in [6, 6.07) is 23.0. The lowest BCUT2D eigenvalue weighted by Gasteiger charge is -2.35. The molecule has 0 amide bonds. The van der Waals surface area contributed by atoms with E-state index in [1.54, 1.807) is 0 Å². The maximum Gasteiger partial charge on any atom is 0.225 e. The molecule has 1 aliphatic rings. The molecule has 1 N–H and O–H groups in total. The first-order valence-corrected chi connectivity index (χ1v) is 10.5. The molecule has 5 heteroatoms. The Morgan fingerprint density at radius 1 is 0.897 bits per heavy atom. The molecule has 1 saturated heterocycles. The van der Waals surface area contributed by atoms with Crippen molar-refractivity contribution < 1.29 is 0 Å². The predicted molar refractivity (Wildman–Crippen MR) is 120 cm³/mol. The Kier molecular flexibility index (Phi) is 6.06. The van der Waals surface area contributed by atoms with Crippen molar-refractivity contribution in [3.05, 3.63) is 72.3 Å². The smallest absolute Gasteiger partial charge is 0.225 e. The molecule has 5 nitrogen and oxygen atoms in total. The van der Waals surface area contributed by atoms with E-state index in [0.29, 0.717) is 5.95 Å². The SMILES string of the molecule is CCN1CCN(c2cc(-c3ccccc3)nc(NC(C)c3ccccc3)n2)CC1. The van der Waals surface area contributed by atoms with Crippen molar-refractivity contribution in [2.24, 2.45) is 0 Å². The lowest BCUT2D eigenvalue weighted by molar-refractivity contribution is 0.270. The second kappa shape index (κ2) is 9.05. The van der Waals surface area contributed by atoms with Crippen LogP contribution in [0.3, 0.4) is 0 Å². The molecule has 150 valence electrons. The van der Waals surface area contributed by atoms with E-state index in [1.165, 1.54) is 5.56 Å². The summed E-state index contributed by atoms with van der Waals surface area (Å²) in [5.41, 5.74) is 3.29. The van der Waals surface area contributed by atoms with E-state index in [1.807, 2.05) is 12.1 Å². The van der Waals surface area contributed by atoms with Crippen LogP contribution in [0, 0.1) is 0 Å². The minimum absolute atomic E-state index is 0.131. The third kappa shape index (κ3) is 4.74. The monoisotopic (exact) mass is 387 g/mol. The van der Waals surface area contributed by atoms with Gasteiger partial charge in [-0.1, -0.05) is 67.6 Å². The van der Waals surface area contributed by atoms with Gasteiger partial charge < -0.3 is 15.1 Å². The number of nitrogens with zero attached hydrogens (tertiary/aromatic N) is 4. The molecular weight excluding hydrogens is 358 g/mol. The Bertz CT molecular complexity index is 905. The molecule has 0 saturated carbocycles. The van der Waals surface area contributed by atoms with Gasteiger partial charge in [0.1, 0.15) is 5.82 Å². The van der Waals surface area contributed by atoms with E-state index in [4.69, 9.17) is 9.97 Å². The molecule has 2 heterocycles. The summed E-state index contributed by atoms with van der Waals surface area (Å²) in [7, 11) is 0. The number of aromatic nitrogens is 2. The predicted octanol–water partition coefficient (Wildman–Crippen LogP) is 4.46. The van der Waals surface area contributed by atoms with Gasteiger partial charge in [0, 0.05) is 37.8 Å². The average Bonchev–Trinajstić information content (AvgIpc) is 2.80. The van der Waals surface area contributed by atoms with Crippen LogP contribution in [0.15, 0.2) is 66.7 Å². The Morgan fingerprint density at radius 3 is 2.21 bits per heavy atom. The van der Waals surface area contributed by atoms with Gasteiger partial charge in [0.25, 0.3) is 0 Å². The zero-order chi connectivity index (χ0) is 20.1. The van der Waals surface area contributed by atoms with Crippen LogP contribution in [-0.4, -0.2) is 47.6 Å². The molecule has 1 atom stereocenters. The van der Waals surface area contributed by atoms with Crippen LogP contribution in [-0.2, 0) is 0 Å². The first-order chi connectivity index (χ1) is 14.2.